The summed E-state index contributed by atoms with van der Waals surface area (Å²) in [7, 11) is -2.32. The summed E-state index contributed by atoms with van der Waals surface area (Å²) < 4.78 is 32.9. The molecule has 0 atom stereocenters. The van der Waals surface area contributed by atoms with Gasteiger partial charge >= 0.3 is 0 Å². The SMILES string of the molecule is COc1ccccc1NS(=O)(=O)c1ccc(NC(=O)c2ccc(C)cc2)cc1. The molecule has 0 spiro atoms. The molecule has 0 unspecified atom stereocenters. The van der Waals surface area contributed by atoms with Crippen molar-refractivity contribution >= 4 is 27.3 Å². The van der Waals surface area contributed by atoms with Crippen LogP contribution in [0.3, 0.4) is 0 Å². The van der Waals surface area contributed by atoms with Gasteiger partial charge in [0, 0.05) is 11.3 Å². The smallest absolute Gasteiger partial charge is 0.262 e. The molecule has 0 heterocycles. The molecule has 7 heteroatoms. The Morgan fingerprint density at radius 2 is 1.54 bits per heavy atom. The molecular formula is C21H20N2O4S. The summed E-state index contributed by atoms with van der Waals surface area (Å²) in [4.78, 5) is 12.3. The van der Waals surface area contributed by atoms with E-state index in [1.807, 2.05) is 19.1 Å². The van der Waals surface area contributed by atoms with Gasteiger partial charge in [0.15, 0.2) is 0 Å². The number of benzene rings is 3. The fourth-order valence-corrected chi connectivity index (χ4v) is 3.63. The van der Waals surface area contributed by atoms with E-state index in [0.29, 0.717) is 22.7 Å². The molecule has 3 aromatic carbocycles. The van der Waals surface area contributed by atoms with E-state index >= 15 is 0 Å². The van der Waals surface area contributed by atoms with Gasteiger partial charge in [-0.2, -0.15) is 0 Å². The van der Waals surface area contributed by atoms with Crippen molar-refractivity contribution < 1.29 is 17.9 Å². The lowest BCUT2D eigenvalue weighted by Gasteiger charge is -2.12. The first-order chi connectivity index (χ1) is 13.4. The number of amides is 1. The Bertz CT molecular complexity index is 1080. The van der Waals surface area contributed by atoms with Gasteiger partial charge in [-0.05, 0) is 55.5 Å². The number of aryl methyl sites for hydroxylation is 1. The molecule has 0 saturated heterocycles. The van der Waals surface area contributed by atoms with E-state index < -0.39 is 10.0 Å². The van der Waals surface area contributed by atoms with Gasteiger partial charge in [0.2, 0.25) is 0 Å². The molecule has 0 bridgehead atoms. The quantitative estimate of drug-likeness (QED) is 0.658. The Hall–Kier alpha value is -3.32. The minimum atomic E-state index is -3.79. The molecular weight excluding hydrogens is 376 g/mol. The Morgan fingerprint density at radius 3 is 2.18 bits per heavy atom. The Balaban J connectivity index is 1.74. The number of carbonyl (C=O) groups excluding carboxylic acids is 1. The molecule has 144 valence electrons. The highest BCUT2D eigenvalue weighted by Gasteiger charge is 2.16. The second-order valence-corrected chi connectivity index (χ2v) is 7.83. The minimum absolute atomic E-state index is 0.0757. The maximum Gasteiger partial charge on any atom is 0.262 e. The van der Waals surface area contributed by atoms with Crippen LogP contribution in [-0.4, -0.2) is 21.4 Å². The van der Waals surface area contributed by atoms with E-state index in [4.69, 9.17) is 4.74 Å². The van der Waals surface area contributed by atoms with Crippen molar-refractivity contribution in [2.24, 2.45) is 0 Å². The predicted molar refractivity (Wildman–Crippen MR) is 109 cm³/mol. The summed E-state index contributed by atoms with van der Waals surface area (Å²) in [5.41, 5.74) is 2.44. The first-order valence-corrected chi connectivity index (χ1v) is 10.0. The van der Waals surface area contributed by atoms with E-state index in [1.165, 1.54) is 19.2 Å². The molecule has 0 aliphatic heterocycles. The molecule has 0 aromatic heterocycles. The number of sulfonamides is 1. The van der Waals surface area contributed by atoms with Crippen LogP contribution in [0.2, 0.25) is 0 Å². The molecule has 3 rings (SSSR count). The molecule has 0 aliphatic rings. The predicted octanol–water partition coefficient (Wildman–Crippen LogP) is 4.06. The molecule has 0 radical (unpaired) electrons. The van der Waals surface area contributed by atoms with Crippen molar-refractivity contribution in [2.75, 3.05) is 17.1 Å². The lowest BCUT2D eigenvalue weighted by Crippen LogP contribution is -2.14. The van der Waals surface area contributed by atoms with Crippen LogP contribution in [0.15, 0.2) is 77.7 Å². The van der Waals surface area contributed by atoms with E-state index in [2.05, 4.69) is 10.0 Å². The molecule has 1 amide bonds. The maximum absolute atomic E-state index is 12.6. The summed E-state index contributed by atoms with van der Waals surface area (Å²) >= 11 is 0. The van der Waals surface area contributed by atoms with Crippen LogP contribution < -0.4 is 14.8 Å². The number of anilines is 2. The van der Waals surface area contributed by atoms with E-state index in [0.717, 1.165) is 5.56 Å². The second-order valence-electron chi connectivity index (χ2n) is 6.15. The maximum atomic E-state index is 12.6. The number of ether oxygens (including phenoxy) is 1. The van der Waals surface area contributed by atoms with Crippen LogP contribution in [-0.2, 0) is 10.0 Å². The van der Waals surface area contributed by atoms with Crippen LogP contribution in [0.4, 0.5) is 11.4 Å². The largest absolute Gasteiger partial charge is 0.495 e. The lowest BCUT2D eigenvalue weighted by molar-refractivity contribution is 0.102. The van der Waals surface area contributed by atoms with Gasteiger partial charge in [0.05, 0.1) is 17.7 Å². The fraction of sp³-hybridized carbons (Fsp3) is 0.0952. The second kappa shape index (κ2) is 8.14. The zero-order valence-corrected chi connectivity index (χ0v) is 16.3. The molecule has 0 fully saturated rings. The third-order valence-corrected chi connectivity index (χ3v) is 5.47. The van der Waals surface area contributed by atoms with Gasteiger partial charge in [0.25, 0.3) is 15.9 Å². The molecule has 3 aromatic rings. The van der Waals surface area contributed by atoms with Crippen LogP contribution in [0.1, 0.15) is 15.9 Å². The fourth-order valence-electron chi connectivity index (χ4n) is 2.56. The van der Waals surface area contributed by atoms with Gasteiger partial charge in [-0.1, -0.05) is 29.8 Å². The minimum Gasteiger partial charge on any atom is -0.495 e. The molecule has 2 N–H and O–H groups in total. The number of rotatable bonds is 6. The lowest BCUT2D eigenvalue weighted by atomic mass is 10.1. The molecule has 0 saturated carbocycles. The van der Waals surface area contributed by atoms with Crippen molar-refractivity contribution in [1.29, 1.82) is 0 Å². The highest BCUT2D eigenvalue weighted by Crippen LogP contribution is 2.26. The summed E-state index contributed by atoms with van der Waals surface area (Å²) in [5.74, 6) is 0.163. The van der Waals surface area contributed by atoms with Crippen LogP contribution >= 0.6 is 0 Å². The number of carbonyl (C=O) groups is 1. The number of nitrogens with one attached hydrogen (secondary N) is 2. The number of hydrogen-bond acceptors (Lipinski definition) is 4. The van der Waals surface area contributed by atoms with Gasteiger partial charge in [0.1, 0.15) is 5.75 Å². The highest BCUT2D eigenvalue weighted by molar-refractivity contribution is 7.92. The Labute approximate surface area is 164 Å². The van der Waals surface area contributed by atoms with Gasteiger partial charge in [-0.25, -0.2) is 8.42 Å². The van der Waals surface area contributed by atoms with E-state index in [9.17, 15) is 13.2 Å². The molecule has 0 aliphatic carbocycles. The van der Waals surface area contributed by atoms with Crippen LogP contribution in [0, 0.1) is 6.92 Å². The first kappa shape index (κ1) is 19.4. The Kier molecular flexibility index (Phi) is 5.65. The molecule has 6 nitrogen and oxygen atoms in total. The van der Waals surface area contributed by atoms with Gasteiger partial charge < -0.3 is 10.1 Å². The summed E-state index contributed by atoms with van der Waals surface area (Å²) in [6.45, 7) is 1.94. The summed E-state index contributed by atoms with van der Waals surface area (Å²) in [6, 6.07) is 19.9. The van der Waals surface area contributed by atoms with Gasteiger partial charge in [-0.15, -0.1) is 0 Å². The van der Waals surface area contributed by atoms with Crippen molar-refractivity contribution in [3.05, 3.63) is 83.9 Å². The average Bonchev–Trinajstić information content (AvgIpc) is 2.69. The summed E-state index contributed by atoms with van der Waals surface area (Å²) in [5, 5.41) is 2.75. The first-order valence-electron chi connectivity index (χ1n) is 8.53. The third-order valence-electron chi connectivity index (χ3n) is 4.09. The molecule has 28 heavy (non-hydrogen) atoms. The normalized spacial score (nSPS) is 10.9. The summed E-state index contributed by atoms with van der Waals surface area (Å²) in [6.07, 6.45) is 0. The van der Waals surface area contributed by atoms with E-state index in [1.54, 1.807) is 48.5 Å². The standard InChI is InChI=1S/C21H20N2O4S/c1-15-7-9-16(10-8-15)21(24)22-17-11-13-18(14-12-17)28(25,26)23-19-5-3-4-6-20(19)27-2/h3-14,23H,1-2H3,(H,22,24). The topological polar surface area (TPSA) is 84.5 Å². The number of methoxy groups -OCH3 is 1. The average molecular weight is 396 g/mol. The third kappa shape index (κ3) is 4.50. The van der Waals surface area contributed by atoms with Crippen LogP contribution in [0.5, 0.6) is 5.75 Å². The highest BCUT2D eigenvalue weighted by atomic mass is 32.2. The monoisotopic (exact) mass is 396 g/mol. The van der Waals surface area contributed by atoms with E-state index in [-0.39, 0.29) is 10.8 Å². The number of hydrogen-bond donors (Lipinski definition) is 2. The number of para-hydroxylation sites is 2. The van der Waals surface area contributed by atoms with Crippen molar-refractivity contribution in [2.45, 2.75) is 11.8 Å². The van der Waals surface area contributed by atoms with Gasteiger partial charge in [-0.3, -0.25) is 9.52 Å². The van der Waals surface area contributed by atoms with Crippen molar-refractivity contribution in [1.82, 2.24) is 0 Å². The van der Waals surface area contributed by atoms with Crippen molar-refractivity contribution in [3.8, 4) is 5.75 Å². The Morgan fingerprint density at radius 1 is 0.893 bits per heavy atom. The zero-order chi connectivity index (χ0) is 20.1. The van der Waals surface area contributed by atoms with Crippen molar-refractivity contribution in [3.63, 3.8) is 0 Å². The zero-order valence-electron chi connectivity index (χ0n) is 15.5. The van der Waals surface area contributed by atoms with Crippen LogP contribution in [0.25, 0.3) is 0 Å².